The van der Waals surface area contributed by atoms with Crippen molar-refractivity contribution in [3.05, 3.63) is 0 Å². The number of nitrogens with zero attached hydrogens (tertiary/aromatic N) is 1. The van der Waals surface area contributed by atoms with Gasteiger partial charge in [0, 0.05) is 12.1 Å². The van der Waals surface area contributed by atoms with Gasteiger partial charge in [0.25, 0.3) is 0 Å². The summed E-state index contributed by atoms with van der Waals surface area (Å²) in [5, 5.41) is 9.09. The van der Waals surface area contributed by atoms with E-state index in [9.17, 15) is 9.59 Å². The van der Waals surface area contributed by atoms with E-state index in [0.29, 0.717) is 6.42 Å². The van der Waals surface area contributed by atoms with Crippen LogP contribution in [0.25, 0.3) is 0 Å². The van der Waals surface area contributed by atoms with Gasteiger partial charge in [-0.25, -0.2) is 4.79 Å². The molecule has 5 nitrogen and oxygen atoms in total. The second kappa shape index (κ2) is 3.89. The molecule has 0 spiro atoms. The maximum atomic E-state index is 12.0. The van der Waals surface area contributed by atoms with Gasteiger partial charge in [-0.1, -0.05) is 0 Å². The van der Waals surface area contributed by atoms with Crippen molar-refractivity contribution in [1.82, 2.24) is 4.90 Å². The van der Waals surface area contributed by atoms with E-state index in [4.69, 9.17) is 9.84 Å². The molecule has 2 fully saturated rings. The predicted molar refractivity (Wildman–Crippen MR) is 60.6 cm³/mol. The normalized spacial score (nSPS) is 31.7. The molecule has 0 unspecified atom stereocenters. The first-order valence-electron chi connectivity index (χ1n) is 6.04. The number of rotatable bonds is 1. The molecule has 96 valence electrons. The van der Waals surface area contributed by atoms with Gasteiger partial charge in [-0.2, -0.15) is 0 Å². The van der Waals surface area contributed by atoms with Crippen LogP contribution in [-0.4, -0.2) is 39.8 Å². The third kappa shape index (κ3) is 2.23. The van der Waals surface area contributed by atoms with E-state index >= 15 is 0 Å². The molecular formula is C12H19NO4. The molecule has 1 N–H and O–H groups in total. The Kier molecular flexibility index (Phi) is 2.79. The van der Waals surface area contributed by atoms with Gasteiger partial charge in [0.15, 0.2) is 0 Å². The lowest BCUT2D eigenvalue weighted by atomic mass is 9.89. The quantitative estimate of drug-likeness (QED) is 0.761. The van der Waals surface area contributed by atoms with Crippen molar-refractivity contribution >= 4 is 12.1 Å². The monoisotopic (exact) mass is 241 g/mol. The molecule has 5 heteroatoms. The van der Waals surface area contributed by atoms with Crippen LogP contribution in [0.15, 0.2) is 0 Å². The maximum absolute atomic E-state index is 12.0. The smallest absolute Gasteiger partial charge is 0.410 e. The molecule has 2 saturated heterocycles. The molecule has 2 bridgehead atoms. The van der Waals surface area contributed by atoms with Crippen LogP contribution in [0.4, 0.5) is 4.79 Å². The van der Waals surface area contributed by atoms with Crippen LogP contribution in [-0.2, 0) is 9.53 Å². The molecule has 1 amide bonds. The zero-order valence-corrected chi connectivity index (χ0v) is 10.5. The third-order valence-corrected chi connectivity index (χ3v) is 3.46. The van der Waals surface area contributed by atoms with Crippen LogP contribution >= 0.6 is 0 Å². The van der Waals surface area contributed by atoms with E-state index in [0.717, 1.165) is 12.8 Å². The first-order valence-corrected chi connectivity index (χ1v) is 6.04. The van der Waals surface area contributed by atoms with Gasteiger partial charge < -0.3 is 14.7 Å². The highest BCUT2D eigenvalue weighted by Crippen LogP contribution is 2.42. The van der Waals surface area contributed by atoms with Crippen molar-refractivity contribution < 1.29 is 19.4 Å². The minimum atomic E-state index is -0.800. The highest BCUT2D eigenvalue weighted by molar-refractivity contribution is 5.76. The van der Waals surface area contributed by atoms with Crippen molar-refractivity contribution in [3.63, 3.8) is 0 Å². The lowest BCUT2D eigenvalue weighted by molar-refractivity contribution is -0.142. The Labute approximate surface area is 101 Å². The van der Waals surface area contributed by atoms with Crippen molar-refractivity contribution in [2.24, 2.45) is 5.92 Å². The second-order valence-electron chi connectivity index (χ2n) is 5.87. The molecule has 2 aliphatic rings. The summed E-state index contributed by atoms with van der Waals surface area (Å²) in [7, 11) is 0. The lowest BCUT2D eigenvalue weighted by Crippen LogP contribution is -2.41. The second-order valence-corrected chi connectivity index (χ2v) is 5.87. The van der Waals surface area contributed by atoms with Crippen LogP contribution in [0.1, 0.15) is 40.0 Å². The molecule has 0 aromatic carbocycles. The molecule has 2 aliphatic heterocycles. The van der Waals surface area contributed by atoms with Crippen molar-refractivity contribution in [2.75, 3.05) is 0 Å². The Morgan fingerprint density at radius 3 is 2.41 bits per heavy atom. The van der Waals surface area contributed by atoms with Gasteiger partial charge >= 0.3 is 12.1 Å². The summed E-state index contributed by atoms with van der Waals surface area (Å²) in [6, 6.07) is -0.122. The molecule has 0 radical (unpaired) electrons. The fraction of sp³-hybridized carbons (Fsp3) is 0.833. The van der Waals surface area contributed by atoms with Crippen molar-refractivity contribution in [3.8, 4) is 0 Å². The number of ether oxygens (including phenoxy) is 1. The molecule has 0 aliphatic carbocycles. The standard InChI is InChI=1S/C12H19NO4/c1-12(2,3)17-11(16)13-7-4-5-9(13)8(6-7)10(14)15/h7-9H,4-6H2,1-3H3,(H,14,15)/t7-,8+,9+/m1/s1. The van der Waals surface area contributed by atoms with Gasteiger partial charge in [-0.3, -0.25) is 4.79 Å². The lowest BCUT2D eigenvalue weighted by Gasteiger charge is -2.27. The Balaban J connectivity index is 2.08. The summed E-state index contributed by atoms with van der Waals surface area (Å²) in [4.78, 5) is 24.7. The highest BCUT2D eigenvalue weighted by Gasteiger charge is 2.52. The average molecular weight is 241 g/mol. The number of carboxylic acids is 1. The van der Waals surface area contributed by atoms with E-state index in [1.54, 1.807) is 4.90 Å². The van der Waals surface area contributed by atoms with E-state index in [1.807, 2.05) is 20.8 Å². The number of fused-ring (bicyclic) bond motifs is 2. The molecular weight excluding hydrogens is 222 g/mol. The third-order valence-electron chi connectivity index (χ3n) is 3.46. The van der Waals surface area contributed by atoms with E-state index in [1.165, 1.54) is 0 Å². The average Bonchev–Trinajstić information content (AvgIpc) is 2.70. The van der Waals surface area contributed by atoms with Crippen LogP contribution in [0.3, 0.4) is 0 Å². The molecule has 3 atom stereocenters. The van der Waals surface area contributed by atoms with Gasteiger partial charge in [-0.15, -0.1) is 0 Å². The highest BCUT2D eigenvalue weighted by atomic mass is 16.6. The number of hydrogen-bond donors (Lipinski definition) is 1. The summed E-state index contributed by atoms with van der Waals surface area (Å²) < 4.78 is 5.32. The minimum Gasteiger partial charge on any atom is -0.481 e. The maximum Gasteiger partial charge on any atom is 0.410 e. The number of hydrogen-bond acceptors (Lipinski definition) is 3. The van der Waals surface area contributed by atoms with Gasteiger partial charge in [-0.05, 0) is 40.0 Å². The fourth-order valence-electron chi connectivity index (χ4n) is 2.85. The first-order chi connectivity index (χ1) is 7.79. The first kappa shape index (κ1) is 12.2. The molecule has 17 heavy (non-hydrogen) atoms. The molecule has 0 aromatic heterocycles. The summed E-state index contributed by atoms with van der Waals surface area (Å²) in [5.41, 5.74) is -0.530. The topological polar surface area (TPSA) is 66.8 Å². The van der Waals surface area contributed by atoms with E-state index in [2.05, 4.69) is 0 Å². The zero-order valence-electron chi connectivity index (χ0n) is 10.5. The van der Waals surface area contributed by atoms with Crippen molar-refractivity contribution in [1.29, 1.82) is 0 Å². The number of carbonyl (C=O) groups excluding carboxylic acids is 1. The van der Waals surface area contributed by atoms with Crippen LogP contribution in [0, 0.1) is 5.92 Å². The molecule has 2 heterocycles. The summed E-state index contributed by atoms with van der Waals surface area (Å²) >= 11 is 0. The van der Waals surface area contributed by atoms with E-state index in [-0.39, 0.29) is 18.2 Å². The summed E-state index contributed by atoms with van der Waals surface area (Å²) in [6.45, 7) is 5.45. The minimum absolute atomic E-state index is 0.0518. The number of aliphatic carboxylic acids is 1. The van der Waals surface area contributed by atoms with Crippen LogP contribution in [0.2, 0.25) is 0 Å². The largest absolute Gasteiger partial charge is 0.481 e. The Morgan fingerprint density at radius 1 is 1.29 bits per heavy atom. The zero-order chi connectivity index (χ0) is 12.8. The summed E-state index contributed by atoms with van der Waals surface area (Å²) in [6.07, 6.45) is 1.88. The van der Waals surface area contributed by atoms with Gasteiger partial charge in [0.2, 0.25) is 0 Å². The summed E-state index contributed by atoms with van der Waals surface area (Å²) in [5.74, 6) is -1.22. The number of carbonyl (C=O) groups is 2. The molecule has 0 saturated carbocycles. The SMILES string of the molecule is CC(C)(C)OC(=O)N1[C@@H]2CC[C@H]1[C@@H](C(=O)O)C2. The van der Waals surface area contributed by atoms with Crippen LogP contribution < -0.4 is 0 Å². The predicted octanol–water partition coefficient (Wildman–Crippen LogP) is 1.86. The Morgan fingerprint density at radius 2 is 1.94 bits per heavy atom. The number of carboxylic acid groups (broad SMARTS) is 1. The number of amides is 1. The van der Waals surface area contributed by atoms with Gasteiger partial charge in [0.05, 0.1) is 5.92 Å². The Bertz CT molecular complexity index is 347. The van der Waals surface area contributed by atoms with Gasteiger partial charge in [0.1, 0.15) is 5.60 Å². The fourth-order valence-corrected chi connectivity index (χ4v) is 2.85. The van der Waals surface area contributed by atoms with Crippen molar-refractivity contribution in [2.45, 2.75) is 57.7 Å². The molecule has 0 aromatic rings. The van der Waals surface area contributed by atoms with Crippen LogP contribution in [0.5, 0.6) is 0 Å². The Hall–Kier alpha value is -1.26. The molecule has 2 rings (SSSR count). The van der Waals surface area contributed by atoms with E-state index < -0.39 is 17.5 Å².